The zero-order valence-corrected chi connectivity index (χ0v) is 24.4. The van der Waals surface area contributed by atoms with E-state index in [1.54, 1.807) is 27.9 Å². The summed E-state index contributed by atoms with van der Waals surface area (Å²) < 4.78 is 29.8. The van der Waals surface area contributed by atoms with Crippen LogP contribution < -0.4 is 14.5 Å². The van der Waals surface area contributed by atoms with Crippen LogP contribution in [0.3, 0.4) is 0 Å². The number of carbonyl (C=O) groups is 2. The second kappa shape index (κ2) is 9.91. The summed E-state index contributed by atoms with van der Waals surface area (Å²) in [5.74, 6) is 0.575. The molecule has 2 fully saturated rings. The van der Waals surface area contributed by atoms with Gasteiger partial charge in [-0.05, 0) is 81.9 Å². The van der Waals surface area contributed by atoms with Gasteiger partial charge in [-0.3, -0.25) is 19.2 Å². The molecule has 3 aliphatic rings. The number of carbonyl (C=O) groups excluding carboxylic acids is 2. The van der Waals surface area contributed by atoms with E-state index in [1.165, 1.54) is 6.07 Å². The summed E-state index contributed by atoms with van der Waals surface area (Å²) in [6.07, 6.45) is 6.93. The van der Waals surface area contributed by atoms with Crippen molar-refractivity contribution in [2.45, 2.75) is 90.3 Å². The van der Waals surface area contributed by atoms with E-state index in [2.05, 4.69) is 49.3 Å². The van der Waals surface area contributed by atoms with Gasteiger partial charge in [0.15, 0.2) is 5.03 Å². The Hall–Kier alpha value is -2.95. The Morgan fingerprint density at radius 2 is 1.87 bits per heavy atom. The summed E-state index contributed by atoms with van der Waals surface area (Å²) >= 11 is 0. The molecule has 0 aromatic carbocycles. The van der Waals surface area contributed by atoms with Gasteiger partial charge in [0.05, 0.1) is 5.56 Å². The number of sulfonamides is 1. The molecule has 0 saturated carbocycles. The third kappa shape index (κ3) is 5.69. The predicted molar refractivity (Wildman–Crippen MR) is 149 cm³/mol. The SMILES string of the molecule is CC(C)(C)CCC1CCN(c2ccc3c(n2)N2CC(CCCn4ccc(n4)S(=O)(=O)NC3=O)CC2(C)C)C1=O. The Kier molecular flexibility index (Phi) is 7.01. The number of hydrogen-bond acceptors (Lipinski definition) is 7. The number of aromatic nitrogens is 3. The molecular weight excluding hydrogens is 516 g/mol. The van der Waals surface area contributed by atoms with Crippen molar-refractivity contribution in [1.29, 1.82) is 0 Å². The lowest BCUT2D eigenvalue weighted by Gasteiger charge is -2.34. The molecule has 2 saturated heterocycles. The molecule has 2 aromatic rings. The molecule has 2 unspecified atom stereocenters. The van der Waals surface area contributed by atoms with Gasteiger partial charge in [0.1, 0.15) is 11.6 Å². The van der Waals surface area contributed by atoms with Crippen molar-refractivity contribution in [3.05, 3.63) is 30.0 Å². The minimum atomic E-state index is -4.16. The van der Waals surface area contributed by atoms with Crippen molar-refractivity contribution in [3.63, 3.8) is 0 Å². The Morgan fingerprint density at radius 1 is 1.10 bits per heavy atom. The number of aryl methyl sites for hydroxylation is 1. The molecule has 0 radical (unpaired) electrons. The molecule has 2 atom stereocenters. The standard InChI is InChI=1S/C28H40N6O4S/c1-27(2,3)13-10-20-11-16-33(26(20)36)22-9-8-21-24(29-22)34-18-19(17-28(34,4)5)7-6-14-32-15-12-23(30-32)39(37,38)31-25(21)35/h8-9,12,15,19-20H,6-7,10-11,13-14,16-18H2,1-5H3,(H,31,35). The smallest absolute Gasteiger partial charge is 0.283 e. The van der Waals surface area contributed by atoms with Crippen molar-refractivity contribution in [1.82, 2.24) is 19.5 Å². The number of pyridine rings is 1. The van der Waals surface area contributed by atoms with Crippen LogP contribution in [0, 0.1) is 17.3 Å². The zero-order valence-electron chi connectivity index (χ0n) is 23.6. The zero-order chi connectivity index (χ0) is 28.2. The molecule has 2 amide bonds. The van der Waals surface area contributed by atoms with Crippen LogP contribution in [0.4, 0.5) is 11.6 Å². The topological polar surface area (TPSA) is 118 Å². The van der Waals surface area contributed by atoms with Crippen LogP contribution >= 0.6 is 0 Å². The predicted octanol–water partition coefficient (Wildman–Crippen LogP) is 3.97. The first-order chi connectivity index (χ1) is 18.2. The highest BCUT2D eigenvalue weighted by atomic mass is 32.2. The van der Waals surface area contributed by atoms with Crippen molar-refractivity contribution < 1.29 is 18.0 Å². The Morgan fingerprint density at radius 3 is 2.62 bits per heavy atom. The van der Waals surface area contributed by atoms with Crippen molar-refractivity contribution in [2.75, 3.05) is 22.9 Å². The average Bonchev–Trinajstić information content (AvgIpc) is 3.53. The molecule has 5 rings (SSSR count). The van der Waals surface area contributed by atoms with Gasteiger partial charge in [-0.2, -0.15) is 13.5 Å². The molecular formula is C28H40N6O4S. The Balaban J connectivity index is 1.51. The molecule has 1 N–H and O–H groups in total. The van der Waals surface area contributed by atoms with Crippen LogP contribution in [0.15, 0.2) is 29.4 Å². The van der Waals surface area contributed by atoms with Gasteiger partial charge in [-0.25, -0.2) is 9.71 Å². The van der Waals surface area contributed by atoms with Gasteiger partial charge < -0.3 is 4.90 Å². The van der Waals surface area contributed by atoms with Crippen molar-refractivity contribution >= 4 is 33.5 Å². The van der Waals surface area contributed by atoms with E-state index in [9.17, 15) is 18.0 Å². The molecule has 5 heterocycles. The first-order valence-electron chi connectivity index (χ1n) is 13.9. The van der Waals surface area contributed by atoms with E-state index < -0.39 is 15.9 Å². The fourth-order valence-electron chi connectivity index (χ4n) is 6.15. The number of nitrogens with one attached hydrogen (secondary N) is 1. The van der Waals surface area contributed by atoms with E-state index in [1.807, 2.05) is 0 Å². The van der Waals surface area contributed by atoms with E-state index in [-0.39, 0.29) is 33.4 Å². The maximum Gasteiger partial charge on any atom is 0.283 e. The van der Waals surface area contributed by atoms with E-state index in [0.717, 1.165) is 38.5 Å². The monoisotopic (exact) mass is 556 g/mol. The second-order valence-corrected chi connectivity index (χ2v) is 14.7. The highest BCUT2D eigenvalue weighted by Gasteiger charge is 2.42. The van der Waals surface area contributed by atoms with Gasteiger partial charge in [0, 0.05) is 37.3 Å². The van der Waals surface area contributed by atoms with Gasteiger partial charge in [0.25, 0.3) is 15.9 Å². The highest BCUT2D eigenvalue weighted by Crippen LogP contribution is 2.41. The molecule has 212 valence electrons. The molecule has 39 heavy (non-hydrogen) atoms. The van der Waals surface area contributed by atoms with Gasteiger partial charge in [0.2, 0.25) is 5.91 Å². The quantitative estimate of drug-likeness (QED) is 0.608. The molecule has 10 nitrogen and oxygen atoms in total. The lowest BCUT2D eigenvalue weighted by molar-refractivity contribution is -0.120. The maximum absolute atomic E-state index is 13.5. The third-order valence-electron chi connectivity index (χ3n) is 8.27. The average molecular weight is 557 g/mol. The summed E-state index contributed by atoms with van der Waals surface area (Å²) in [7, 11) is -4.16. The van der Waals surface area contributed by atoms with Crippen LogP contribution in [0.25, 0.3) is 0 Å². The fourth-order valence-corrected chi connectivity index (χ4v) is 7.06. The minimum absolute atomic E-state index is 0.0412. The van der Waals surface area contributed by atoms with Crippen LogP contribution in [0.2, 0.25) is 0 Å². The number of rotatable bonds is 3. The highest BCUT2D eigenvalue weighted by molar-refractivity contribution is 7.90. The summed E-state index contributed by atoms with van der Waals surface area (Å²) in [5, 5.41) is 4.00. The first-order valence-corrected chi connectivity index (χ1v) is 15.4. The molecule has 11 heteroatoms. The summed E-state index contributed by atoms with van der Waals surface area (Å²) in [6.45, 7) is 12.7. The molecule has 2 aromatic heterocycles. The summed E-state index contributed by atoms with van der Waals surface area (Å²) in [5.41, 5.74) is 0.0289. The number of anilines is 2. The van der Waals surface area contributed by atoms with Gasteiger partial charge in [-0.1, -0.05) is 20.8 Å². The molecule has 0 aliphatic carbocycles. The lowest BCUT2D eigenvalue weighted by Crippen LogP contribution is -2.41. The summed E-state index contributed by atoms with van der Waals surface area (Å²) in [4.78, 5) is 35.6. The summed E-state index contributed by atoms with van der Waals surface area (Å²) in [6, 6.07) is 4.67. The van der Waals surface area contributed by atoms with E-state index in [4.69, 9.17) is 4.98 Å². The largest absolute Gasteiger partial charge is 0.350 e. The fraction of sp³-hybridized carbons (Fsp3) is 0.643. The normalized spacial score (nSPS) is 24.8. The number of fused-ring (bicyclic) bond motifs is 6. The van der Waals surface area contributed by atoms with E-state index in [0.29, 0.717) is 37.2 Å². The second-order valence-electron chi connectivity index (χ2n) is 13.1. The number of amides is 2. The molecule has 3 aliphatic heterocycles. The minimum Gasteiger partial charge on any atom is -0.350 e. The van der Waals surface area contributed by atoms with Crippen molar-refractivity contribution in [2.24, 2.45) is 17.3 Å². The van der Waals surface area contributed by atoms with Gasteiger partial charge >= 0.3 is 0 Å². The van der Waals surface area contributed by atoms with Crippen molar-refractivity contribution in [3.8, 4) is 0 Å². The Bertz CT molecular complexity index is 1380. The van der Waals surface area contributed by atoms with Crippen LogP contribution in [-0.2, 0) is 21.4 Å². The molecule has 4 bridgehead atoms. The third-order valence-corrected chi connectivity index (χ3v) is 9.50. The first kappa shape index (κ1) is 27.6. The van der Waals surface area contributed by atoms with E-state index >= 15 is 0 Å². The number of hydrogen-bond donors (Lipinski definition) is 1. The van der Waals surface area contributed by atoms with Crippen LogP contribution in [0.5, 0.6) is 0 Å². The number of nitrogens with zero attached hydrogens (tertiary/aromatic N) is 5. The van der Waals surface area contributed by atoms with Crippen LogP contribution in [0.1, 0.15) is 83.5 Å². The maximum atomic E-state index is 13.5. The van der Waals surface area contributed by atoms with Crippen LogP contribution in [-0.4, -0.2) is 53.6 Å². The molecule has 0 spiro atoms. The van der Waals surface area contributed by atoms with Gasteiger partial charge in [-0.15, -0.1) is 0 Å². The Labute approximate surface area is 231 Å². The lowest BCUT2D eigenvalue weighted by atomic mass is 9.86.